The number of Topliss-reactive ketones (excluding diaryl/α,β-unsaturated/α-hetero) is 1. The lowest BCUT2D eigenvalue weighted by molar-refractivity contribution is -0.156. The summed E-state index contributed by atoms with van der Waals surface area (Å²) in [6.07, 6.45) is 2.58. The number of fused-ring (bicyclic) bond motifs is 1. The SMILES string of the molecule is CC1=CC[C@@H]2C(=O)N(N(C(=O)c3ccc(Cl)c(Cl)c3)[C@@H](CCCl)C(=O)c3ccc(F)cc3)C(=O)[C@@H]2C1. The third-order valence-electron chi connectivity index (χ3n) is 6.50. The maximum absolute atomic E-state index is 13.9. The van der Waals surface area contributed by atoms with Crippen molar-refractivity contribution < 1.29 is 23.6 Å². The number of hydrogen-bond donors (Lipinski definition) is 0. The van der Waals surface area contributed by atoms with Gasteiger partial charge in [0, 0.05) is 17.0 Å². The highest BCUT2D eigenvalue weighted by Gasteiger charge is 2.53. The molecule has 1 saturated heterocycles. The van der Waals surface area contributed by atoms with Gasteiger partial charge in [0.2, 0.25) is 0 Å². The lowest BCUT2D eigenvalue weighted by atomic mass is 9.82. The topological polar surface area (TPSA) is 74.8 Å². The Bertz CT molecular complexity index is 1260. The highest BCUT2D eigenvalue weighted by molar-refractivity contribution is 6.42. The first kappa shape index (κ1) is 26.3. The van der Waals surface area contributed by atoms with Gasteiger partial charge >= 0.3 is 0 Å². The first-order chi connectivity index (χ1) is 17.1. The predicted octanol–water partition coefficient (Wildman–Crippen LogP) is 5.71. The standard InChI is InChI=1S/C26H22Cl3FN2O4/c1-14-2-8-18-19(12-14)26(36)32(25(18)35)31(24(34)16-5-9-20(28)21(29)13-16)22(10-11-27)23(33)15-3-6-17(30)7-4-15/h2-7,9,13,18-19,22H,8,10-12H2,1H3/t18-,19+,22-/m0/s1. The van der Waals surface area contributed by atoms with Crippen molar-refractivity contribution >= 4 is 58.3 Å². The number of benzene rings is 2. The fraction of sp³-hybridized carbons (Fsp3) is 0.308. The van der Waals surface area contributed by atoms with E-state index in [9.17, 15) is 23.6 Å². The summed E-state index contributed by atoms with van der Waals surface area (Å²) in [5.41, 5.74) is 1.11. The van der Waals surface area contributed by atoms with Crippen LogP contribution in [-0.4, -0.2) is 45.4 Å². The first-order valence-electron chi connectivity index (χ1n) is 11.3. The molecular weight excluding hydrogens is 530 g/mol. The second-order valence-electron chi connectivity index (χ2n) is 8.83. The second-order valence-corrected chi connectivity index (χ2v) is 10.0. The van der Waals surface area contributed by atoms with Gasteiger partial charge in [-0.1, -0.05) is 34.9 Å². The fourth-order valence-corrected chi connectivity index (χ4v) is 5.14. The van der Waals surface area contributed by atoms with Gasteiger partial charge in [-0.05, 0) is 68.7 Å². The average molecular weight is 552 g/mol. The third-order valence-corrected chi connectivity index (χ3v) is 7.46. The number of ketones is 1. The largest absolute Gasteiger partial charge is 0.292 e. The summed E-state index contributed by atoms with van der Waals surface area (Å²) in [4.78, 5) is 54.5. The Hall–Kier alpha value is -2.74. The highest BCUT2D eigenvalue weighted by atomic mass is 35.5. The number of alkyl halides is 1. The Morgan fingerprint density at radius 1 is 1.03 bits per heavy atom. The van der Waals surface area contributed by atoms with E-state index in [0.29, 0.717) is 12.8 Å². The number of hydrogen-bond acceptors (Lipinski definition) is 4. The van der Waals surface area contributed by atoms with Crippen LogP contribution in [0.1, 0.15) is 46.9 Å². The van der Waals surface area contributed by atoms with Crippen LogP contribution in [0.15, 0.2) is 54.1 Å². The zero-order valence-corrected chi connectivity index (χ0v) is 21.5. The van der Waals surface area contributed by atoms with Crippen LogP contribution in [0.4, 0.5) is 4.39 Å². The normalized spacial score (nSPS) is 20.1. The minimum absolute atomic E-state index is 0.0284. The average Bonchev–Trinajstić information content (AvgIpc) is 3.09. The Morgan fingerprint density at radius 2 is 1.67 bits per heavy atom. The van der Waals surface area contributed by atoms with Gasteiger partial charge in [-0.15, -0.1) is 11.6 Å². The summed E-state index contributed by atoms with van der Waals surface area (Å²) in [6.45, 7) is 1.88. The van der Waals surface area contributed by atoms with E-state index in [1.54, 1.807) is 0 Å². The minimum Gasteiger partial charge on any atom is -0.292 e. The van der Waals surface area contributed by atoms with Gasteiger partial charge in [0.1, 0.15) is 11.9 Å². The molecule has 0 N–H and O–H groups in total. The van der Waals surface area contributed by atoms with Crippen LogP contribution in [-0.2, 0) is 9.59 Å². The van der Waals surface area contributed by atoms with E-state index in [1.807, 2.05) is 13.0 Å². The molecule has 2 aromatic carbocycles. The molecule has 36 heavy (non-hydrogen) atoms. The number of allylic oxidation sites excluding steroid dienone is 2. The maximum atomic E-state index is 13.9. The molecule has 2 aliphatic rings. The molecule has 3 amide bonds. The molecule has 4 rings (SSSR count). The molecule has 1 aliphatic carbocycles. The number of imide groups is 1. The Balaban J connectivity index is 1.82. The highest BCUT2D eigenvalue weighted by Crippen LogP contribution is 2.39. The number of rotatable bonds is 7. The van der Waals surface area contributed by atoms with E-state index >= 15 is 0 Å². The fourth-order valence-electron chi connectivity index (χ4n) is 4.64. The third kappa shape index (κ3) is 4.92. The monoisotopic (exact) mass is 550 g/mol. The van der Waals surface area contributed by atoms with Crippen molar-refractivity contribution in [2.75, 3.05) is 5.88 Å². The van der Waals surface area contributed by atoms with Gasteiger partial charge in [0.05, 0.1) is 21.9 Å². The molecule has 0 saturated carbocycles. The van der Waals surface area contributed by atoms with Crippen molar-refractivity contribution in [2.45, 2.75) is 32.2 Å². The quantitative estimate of drug-likeness (QED) is 0.191. The molecule has 0 radical (unpaired) electrons. The molecular formula is C26H22Cl3FN2O4. The number of hydrazine groups is 1. The number of halogens is 4. The van der Waals surface area contributed by atoms with E-state index in [1.165, 1.54) is 30.3 Å². The van der Waals surface area contributed by atoms with E-state index < -0.39 is 47.2 Å². The molecule has 3 atom stereocenters. The molecule has 0 aromatic heterocycles. The van der Waals surface area contributed by atoms with Crippen LogP contribution in [0.3, 0.4) is 0 Å². The minimum atomic E-state index is -1.31. The van der Waals surface area contributed by atoms with Gasteiger partial charge < -0.3 is 0 Å². The molecule has 10 heteroatoms. The van der Waals surface area contributed by atoms with Crippen molar-refractivity contribution in [3.8, 4) is 0 Å². The summed E-state index contributed by atoms with van der Waals surface area (Å²) in [5, 5.41) is 1.99. The van der Waals surface area contributed by atoms with Crippen LogP contribution in [0.2, 0.25) is 10.0 Å². The predicted molar refractivity (Wildman–Crippen MR) is 134 cm³/mol. The molecule has 6 nitrogen and oxygen atoms in total. The molecule has 1 fully saturated rings. The molecule has 188 valence electrons. The Morgan fingerprint density at radius 3 is 2.31 bits per heavy atom. The zero-order valence-electron chi connectivity index (χ0n) is 19.2. The van der Waals surface area contributed by atoms with E-state index in [2.05, 4.69) is 0 Å². The molecule has 0 unspecified atom stereocenters. The van der Waals surface area contributed by atoms with Crippen molar-refractivity contribution in [1.29, 1.82) is 0 Å². The molecule has 1 aliphatic heterocycles. The van der Waals surface area contributed by atoms with Gasteiger partial charge in [0.15, 0.2) is 5.78 Å². The summed E-state index contributed by atoms with van der Waals surface area (Å²) in [7, 11) is 0. The van der Waals surface area contributed by atoms with Crippen LogP contribution >= 0.6 is 34.8 Å². The van der Waals surface area contributed by atoms with Crippen LogP contribution < -0.4 is 0 Å². The van der Waals surface area contributed by atoms with E-state index in [4.69, 9.17) is 34.8 Å². The van der Waals surface area contributed by atoms with Gasteiger partial charge in [-0.3, -0.25) is 19.2 Å². The van der Waals surface area contributed by atoms with Gasteiger partial charge in [-0.25, -0.2) is 9.40 Å². The summed E-state index contributed by atoms with van der Waals surface area (Å²) in [5.74, 6) is -4.36. The van der Waals surface area contributed by atoms with Crippen molar-refractivity contribution in [3.05, 3.63) is 81.1 Å². The lowest BCUT2D eigenvalue weighted by Gasteiger charge is -2.36. The molecule has 0 spiro atoms. The lowest BCUT2D eigenvalue weighted by Crippen LogP contribution is -2.57. The molecule has 2 aromatic rings. The van der Waals surface area contributed by atoms with Crippen molar-refractivity contribution in [1.82, 2.24) is 10.0 Å². The Labute approximate surface area is 222 Å². The summed E-state index contributed by atoms with van der Waals surface area (Å²) in [6, 6.07) is 7.60. The summed E-state index contributed by atoms with van der Waals surface area (Å²) >= 11 is 18.2. The van der Waals surface area contributed by atoms with Gasteiger partial charge in [-0.2, -0.15) is 5.01 Å². The molecule has 1 heterocycles. The van der Waals surface area contributed by atoms with Crippen LogP contribution in [0, 0.1) is 17.7 Å². The number of carbonyl (C=O) groups excluding carboxylic acids is 4. The molecule has 0 bridgehead atoms. The number of amides is 3. The Kier molecular flexibility index (Phi) is 7.83. The van der Waals surface area contributed by atoms with E-state index in [-0.39, 0.29) is 33.5 Å². The van der Waals surface area contributed by atoms with Crippen LogP contribution in [0.5, 0.6) is 0 Å². The zero-order chi connectivity index (χ0) is 26.1. The van der Waals surface area contributed by atoms with Gasteiger partial charge in [0.25, 0.3) is 17.7 Å². The van der Waals surface area contributed by atoms with E-state index in [0.717, 1.165) is 27.7 Å². The number of carbonyl (C=O) groups is 4. The van der Waals surface area contributed by atoms with Crippen LogP contribution in [0.25, 0.3) is 0 Å². The second kappa shape index (κ2) is 10.7. The summed E-state index contributed by atoms with van der Waals surface area (Å²) < 4.78 is 13.5. The smallest absolute Gasteiger partial charge is 0.273 e. The van der Waals surface area contributed by atoms with Crippen molar-refractivity contribution in [3.63, 3.8) is 0 Å². The number of nitrogens with zero attached hydrogens (tertiary/aromatic N) is 2. The first-order valence-corrected chi connectivity index (χ1v) is 12.6. The van der Waals surface area contributed by atoms with Crippen molar-refractivity contribution in [2.24, 2.45) is 11.8 Å². The maximum Gasteiger partial charge on any atom is 0.273 e.